The molecule has 0 aliphatic carbocycles. The fourth-order valence-corrected chi connectivity index (χ4v) is 1.65. The number of carboxylic acids is 1. The Labute approximate surface area is 97.3 Å². The maximum Gasteiger partial charge on any atom is 0.305 e. The van der Waals surface area contributed by atoms with E-state index >= 15 is 0 Å². The van der Waals surface area contributed by atoms with Crippen LogP contribution in [0.25, 0.3) is 0 Å². The lowest BCUT2D eigenvalue weighted by atomic mass is 10.0. The van der Waals surface area contributed by atoms with Crippen molar-refractivity contribution in [3.05, 3.63) is 0 Å². The van der Waals surface area contributed by atoms with Crippen LogP contribution in [0.2, 0.25) is 0 Å². The largest absolute Gasteiger partial charge is 0.481 e. The lowest BCUT2D eigenvalue weighted by Crippen LogP contribution is -2.12. The third-order valence-electron chi connectivity index (χ3n) is 2.57. The molecule has 4 heteroatoms. The SMILES string of the molecule is CC(O)CCCCCCCC(O)CC(=O)O. The molecule has 0 aromatic carbocycles. The van der Waals surface area contributed by atoms with Crippen molar-refractivity contribution in [2.75, 3.05) is 0 Å². The summed E-state index contributed by atoms with van der Waals surface area (Å²) in [5, 5.41) is 26.7. The van der Waals surface area contributed by atoms with E-state index in [4.69, 9.17) is 10.2 Å². The van der Waals surface area contributed by atoms with E-state index in [9.17, 15) is 9.90 Å². The first kappa shape index (κ1) is 15.4. The van der Waals surface area contributed by atoms with E-state index in [0.717, 1.165) is 38.5 Å². The number of carbonyl (C=O) groups is 1. The van der Waals surface area contributed by atoms with Crippen LogP contribution < -0.4 is 0 Å². The van der Waals surface area contributed by atoms with Gasteiger partial charge in [-0.2, -0.15) is 0 Å². The summed E-state index contributed by atoms with van der Waals surface area (Å²) in [5.74, 6) is -0.940. The topological polar surface area (TPSA) is 77.8 Å². The Morgan fingerprint density at radius 3 is 2.00 bits per heavy atom. The molecule has 2 unspecified atom stereocenters. The van der Waals surface area contributed by atoms with Crippen molar-refractivity contribution >= 4 is 5.97 Å². The average molecular weight is 232 g/mol. The summed E-state index contributed by atoms with van der Waals surface area (Å²) in [6.07, 6.45) is 5.49. The highest BCUT2D eigenvalue weighted by Gasteiger charge is 2.08. The Balaban J connectivity index is 3.17. The lowest BCUT2D eigenvalue weighted by molar-refractivity contribution is -0.139. The predicted octanol–water partition coefficient (Wildman–Crippen LogP) is 1.93. The van der Waals surface area contributed by atoms with Gasteiger partial charge in [-0.05, 0) is 19.8 Å². The van der Waals surface area contributed by atoms with Crippen molar-refractivity contribution in [2.45, 2.75) is 70.5 Å². The Morgan fingerprint density at radius 1 is 1.00 bits per heavy atom. The summed E-state index contributed by atoms with van der Waals surface area (Å²) in [7, 11) is 0. The minimum absolute atomic E-state index is 0.151. The van der Waals surface area contributed by atoms with Crippen LogP contribution in [0.3, 0.4) is 0 Å². The molecule has 0 heterocycles. The van der Waals surface area contributed by atoms with Gasteiger partial charge in [0.15, 0.2) is 0 Å². The van der Waals surface area contributed by atoms with Gasteiger partial charge in [-0.3, -0.25) is 4.79 Å². The van der Waals surface area contributed by atoms with Gasteiger partial charge in [-0.15, -0.1) is 0 Å². The molecule has 0 amide bonds. The quantitative estimate of drug-likeness (QED) is 0.503. The normalized spacial score (nSPS) is 14.7. The highest BCUT2D eigenvalue weighted by Crippen LogP contribution is 2.11. The summed E-state index contributed by atoms with van der Waals surface area (Å²) in [4.78, 5) is 10.3. The molecule has 0 radical (unpaired) electrons. The van der Waals surface area contributed by atoms with Gasteiger partial charge >= 0.3 is 5.97 Å². The van der Waals surface area contributed by atoms with E-state index < -0.39 is 12.1 Å². The van der Waals surface area contributed by atoms with Crippen LogP contribution in [-0.4, -0.2) is 33.5 Å². The zero-order chi connectivity index (χ0) is 12.4. The summed E-state index contributed by atoms with van der Waals surface area (Å²) in [6.45, 7) is 1.79. The summed E-state index contributed by atoms with van der Waals surface area (Å²) in [5.41, 5.74) is 0. The molecular weight excluding hydrogens is 208 g/mol. The number of unbranched alkanes of at least 4 members (excludes halogenated alkanes) is 4. The molecule has 0 saturated heterocycles. The monoisotopic (exact) mass is 232 g/mol. The molecule has 96 valence electrons. The predicted molar refractivity (Wildman–Crippen MR) is 62.3 cm³/mol. The molecule has 0 aromatic heterocycles. The lowest BCUT2D eigenvalue weighted by Gasteiger charge is -2.07. The third-order valence-corrected chi connectivity index (χ3v) is 2.57. The van der Waals surface area contributed by atoms with Gasteiger partial charge in [0.05, 0.1) is 18.6 Å². The van der Waals surface area contributed by atoms with E-state index in [2.05, 4.69) is 0 Å². The Morgan fingerprint density at radius 2 is 1.50 bits per heavy atom. The molecule has 0 aliphatic heterocycles. The fourth-order valence-electron chi connectivity index (χ4n) is 1.65. The molecule has 3 N–H and O–H groups in total. The first-order valence-corrected chi connectivity index (χ1v) is 6.10. The second-order valence-electron chi connectivity index (χ2n) is 4.45. The number of hydrogen-bond donors (Lipinski definition) is 3. The van der Waals surface area contributed by atoms with Crippen molar-refractivity contribution in [1.82, 2.24) is 0 Å². The molecule has 4 nitrogen and oxygen atoms in total. The minimum atomic E-state index is -0.940. The van der Waals surface area contributed by atoms with E-state index in [0.29, 0.717) is 6.42 Å². The van der Waals surface area contributed by atoms with Crippen LogP contribution in [0.4, 0.5) is 0 Å². The van der Waals surface area contributed by atoms with Crippen LogP contribution in [0.1, 0.15) is 58.3 Å². The number of aliphatic hydroxyl groups excluding tert-OH is 2. The minimum Gasteiger partial charge on any atom is -0.481 e. The zero-order valence-corrected chi connectivity index (χ0v) is 10.1. The summed E-state index contributed by atoms with van der Waals surface area (Å²) < 4.78 is 0. The van der Waals surface area contributed by atoms with Crippen molar-refractivity contribution in [3.63, 3.8) is 0 Å². The molecule has 0 aliphatic rings. The molecule has 0 bridgehead atoms. The van der Waals surface area contributed by atoms with Crippen LogP contribution in [0.15, 0.2) is 0 Å². The highest BCUT2D eigenvalue weighted by molar-refractivity contribution is 5.67. The number of rotatable bonds is 10. The van der Waals surface area contributed by atoms with Crippen molar-refractivity contribution in [3.8, 4) is 0 Å². The van der Waals surface area contributed by atoms with Crippen LogP contribution >= 0.6 is 0 Å². The molecule has 16 heavy (non-hydrogen) atoms. The van der Waals surface area contributed by atoms with Crippen molar-refractivity contribution in [1.29, 1.82) is 0 Å². The summed E-state index contributed by atoms with van der Waals surface area (Å²) >= 11 is 0. The molecule has 0 aromatic rings. The Hall–Kier alpha value is -0.610. The number of aliphatic carboxylic acids is 1. The highest BCUT2D eigenvalue weighted by atomic mass is 16.4. The van der Waals surface area contributed by atoms with Gasteiger partial charge < -0.3 is 15.3 Å². The third kappa shape index (κ3) is 11.5. The van der Waals surface area contributed by atoms with Gasteiger partial charge in [0.25, 0.3) is 0 Å². The van der Waals surface area contributed by atoms with E-state index in [1.807, 2.05) is 0 Å². The summed E-state index contributed by atoms with van der Waals surface area (Å²) in [6, 6.07) is 0. The van der Waals surface area contributed by atoms with Gasteiger partial charge in [0.1, 0.15) is 0 Å². The first-order valence-electron chi connectivity index (χ1n) is 6.10. The Bertz CT molecular complexity index is 180. The van der Waals surface area contributed by atoms with Crippen LogP contribution in [0, 0.1) is 0 Å². The molecule has 0 fully saturated rings. The Kier molecular flexibility index (Phi) is 9.24. The standard InChI is InChI=1S/C12H24O4/c1-10(13)7-5-3-2-4-6-8-11(14)9-12(15)16/h10-11,13-14H,2-9H2,1H3,(H,15,16). The van der Waals surface area contributed by atoms with Crippen LogP contribution in [-0.2, 0) is 4.79 Å². The maximum absolute atomic E-state index is 10.3. The first-order chi connectivity index (χ1) is 7.52. The van der Waals surface area contributed by atoms with Crippen LogP contribution in [0.5, 0.6) is 0 Å². The number of carboxylic acid groups (broad SMARTS) is 1. The fraction of sp³-hybridized carbons (Fsp3) is 0.917. The number of aliphatic hydroxyl groups is 2. The molecule has 0 saturated carbocycles. The number of hydrogen-bond acceptors (Lipinski definition) is 3. The second-order valence-corrected chi connectivity index (χ2v) is 4.45. The van der Waals surface area contributed by atoms with Gasteiger partial charge in [0, 0.05) is 0 Å². The molecular formula is C12H24O4. The maximum atomic E-state index is 10.3. The van der Waals surface area contributed by atoms with Crippen molar-refractivity contribution < 1.29 is 20.1 Å². The second kappa shape index (κ2) is 9.60. The zero-order valence-electron chi connectivity index (χ0n) is 10.1. The van der Waals surface area contributed by atoms with Gasteiger partial charge in [-0.25, -0.2) is 0 Å². The van der Waals surface area contributed by atoms with Gasteiger partial charge in [0.2, 0.25) is 0 Å². The smallest absolute Gasteiger partial charge is 0.305 e. The molecule has 2 atom stereocenters. The van der Waals surface area contributed by atoms with Crippen molar-refractivity contribution in [2.24, 2.45) is 0 Å². The molecule has 0 rings (SSSR count). The average Bonchev–Trinajstić information content (AvgIpc) is 2.14. The van der Waals surface area contributed by atoms with Gasteiger partial charge in [-0.1, -0.05) is 32.1 Å². The van der Waals surface area contributed by atoms with E-state index in [1.165, 1.54) is 0 Å². The van der Waals surface area contributed by atoms with E-state index in [1.54, 1.807) is 6.92 Å². The molecule has 0 spiro atoms. The van der Waals surface area contributed by atoms with E-state index in [-0.39, 0.29) is 12.5 Å².